The van der Waals surface area contributed by atoms with E-state index in [4.69, 9.17) is 5.11 Å². The van der Waals surface area contributed by atoms with E-state index in [1.165, 1.54) is 4.88 Å². The van der Waals surface area contributed by atoms with Crippen molar-refractivity contribution in [2.24, 2.45) is 0 Å². The van der Waals surface area contributed by atoms with Crippen LogP contribution in [0, 0.1) is 0 Å². The highest BCUT2D eigenvalue weighted by Crippen LogP contribution is 2.49. The van der Waals surface area contributed by atoms with Crippen LogP contribution in [0.5, 0.6) is 0 Å². The molecule has 2 nitrogen and oxygen atoms in total. The van der Waals surface area contributed by atoms with Crippen LogP contribution in [0.4, 0.5) is 0 Å². The Morgan fingerprint density at radius 3 is 2.71 bits per heavy atom. The number of carbonyl (C=O) groups is 1. The second-order valence-corrected chi connectivity index (χ2v) is 5.66. The van der Waals surface area contributed by atoms with Gasteiger partial charge in [-0.25, -0.2) is 0 Å². The molecule has 0 radical (unpaired) electrons. The average Bonchev–Trinajstić information content (AvgIpc) is 2.44. The first kappa shape index (κ1) is 10.2. The predicted octanol–water partition coefficient (Wildman–Crippen LogP) is 3.41. The van der Waals surface area contributed by atoms with Gasteiger partial charge in [0.2, 0.25) is 0 Å². The highest BCUT2D eigenvalue weighted by molar-refractivity contribution is 9.10. The summed E-state index contributed by atoms with van der Waals surface area (Å²) in [6.07, 6.45) is 3.47. The molecule has 76 valence electrons. The zero-order valence-electron chi connectivity index (χ0n) is 7.62. The minimum atomic E-state index is -0.686. The molecule has 1 aromatic heterocycles. The molecule has 0 unspecified atom stereocenters. The molecule has 1 heterocycles. The molecule has 2 rings (SSSR count). The summed E-state index contributed by atoms with van der Waals surface area (Å²) in [4.78, 5) is 12.0. The summed E-state index contributed by atoms with van der Waals surface area (Å²) in [5.74, 6) is -0.686. The number of carboxylic acid groups (broad SMARTS) is 1. The van der Waals surface area contributed by atoms with E-state index in [-0.39, 0.29) is 11.8 Å². The van der Waals surface area contributed by atoms with Crippen LogP contribution < -0.4 is 0 Å². The zero-order valence-corrected chi connectivity index (χ0v) is 10.0. The number of aliphatic carboxylic acids is 1. The summed E-state index contributed by atoms with van der Waals surface area (Å²) in [6, 6.07) is 2.06. The van der Waals surface area contributed by atoms with Crippen molar-refractivity contribution in [3.63, 3.8) is 0 Å². The van der Waals surface area contributed by atoms with E-state index >= 15 is 0 Å². The Labute approximate surface area is 95.1 Å². The standard InChI is InChI=1S/C10H11BrO2S/c11-7-4-8(14-6-7)10(2-1-3-10)5-9(12)13/h4,6H,1-3,5H2,(H,12,13). The molecular formula is C10H11BrO2S. The van der Waals surface area contributed by atoms with Crippen molar-refractivity contribution < 1.29 is 9.90 Å². The first-order valence-electron chi connectivity index (χ1n) is 4.59. The zero-order chi connectivity index (χ0) is 10.2. The quantitative estimate of drug-likeness (QED) is 0.917. The van der Waals surface area contributed by atoms with Crippen LogP contribution in [0.15, 0.2) is 15.9 Å². The maximum atomic E-state index is 10.8. The lowest BCUT2D eigenvalue weighted by atomic mass is 9.66. The Bertz CT molecular complexity index is 355. The van der Waals surface area contributed by atoms with Crippen molar-refractivity contribution in [1.29, 1.82) is 0 Å². The van der Waals surface area contributed by atoms with Gasteiger partial charge in [-0.3, -0.25) is 4.79 Å². The number of carboxylic acids is 1. The Kier molecular flexibility index (Phi) is 2.66. The number of hydrogen-bond acceptors (Lipinski definition) is 2. The molecule has 0 spiro atoms. The Balaban J connectivity index is 2.24. The van der Waals surface area contributed by atoms with E-state index in [1.54, 1.807) is 11.3 Å². The number of halogens is 1. The van der Waals surface area contributed by atoms with Crippen molar-refractivity contribution in [2.75, 3.05) is 0 Å². The minimum Gasteiger partial charge on any atom is -0.481 e. The van der Waals surface area contributed by atoms with E-state index in [9.17, 15) is 4.79 Å². The number of rotatable bonds is 3. The van der Waals surface area contributed by atoms with Gasteiger partial charge in [-0.1, -0.05) is 6.42 Å². The Morgan fingerprint density at radius 2 is 2.36 bits per heavy atom. The molecule has 14 heavy (non-hydrogen) atoms. The van der Waals surface area contributed by atoms with Crippen LogP contribution in [0.3, 0.4) is 0 Å². The summed E-state index contributed by atoms with van der Waals surface area (Å²) in [5.41, 5.74) is -0.0531. The van der Waals surface area contributed by atoms with Crippen LogP contribution in [-0.2, 0) is 10.2 Å². The first-order valence-corrected chi connectivity index (χ1v) is 6.26. The molecule has 0 atom stereocenters. The lowest BCUT2D eigenvalue weighted by Gasteiger charge is -2.40. The van der Waals surface area contributed by atoms with Crippen LogP contribution in [-0.4, -0.2) is 11.1 Å². The molecule has 0 aromatic carbocycles. The molecule has 1 N–H and O–H groups in total. The van der Waals surface area contributed by atoms with Gasteiger partial charge in [-0.05, 0) is 34.8 Å². The molecule has 1 aliphatic rings. The van der Waals surface area contributed by atoms with E-state index in [0.29, 0.717) is 0 Å². The molecular weight excluding hydrogens is 264 g/mol. The maximum Gasteiger partial charge on any atom is 0.304 e. The maximum absolute atomic E-state index is 10.8. The fourth-order valence-corrected chi connectivity index (χ4v) is 3.68. The Hall–Kier alpha value is -0.350. The molecule has 1 aromatic rings. The van der Waals surface area contributed by atoms with Crippen molar-refractivity contribution >= 4 is 33.2 Å². The second kappa shape index (κ2) is 3.66. The molecule has 0 aliphatic heterocycles. The third-order valence-electron chi connectivity index (χ3n) is 2.89. The number of hydrogen-bond donors (Lipinski definition) is 1. The van der Waals surface area contributed by atoms with Gasteiger partial charge in [0.15, 0.2) is 0 Å². The SMILES string of the molecule is O=C(O)CC1(c2cc(Br)cs2)CCC1. The van der Waals surface area contributed by atoms with Gasteiger partial charge < -0.3 is 5.11 Å². The van der Waals surface area contributed by atoms with E-state index in [2.05, 4.69) is 22.0 Å². The molecule has 1 fully saturated rings. The molecule has 1 aliphatic carbocycles. The third kappa shape index (κ3) is 1.73. The minimum absolute atomic E-state index is 0.0531. The van der Waals surface area contributed by atoms with Crippen molar-refractivity contribution in [1.82, 2.24) is 0 Å². The van der Waals surface area contributed by atoms with Gasteiger partial charge in [0.05, 0.1) is 6.42 Å². The summed E-state index contributed by atoms with van der Waals surface area (Å²) in [7, 11) is 0. The topological polar surface area (TPSA) is 37.3 Å². The van der Waals surface area contributed by atoms with Gasteiger partial charge in [-0.15, -0.1) is 11.3 Å². The summed E-state index contributed by atoms with van der Waals surface area (Å²) in [6.45, 7) is 0. The fraction of sp³-hybridized carbons (Fsp3) is 0.500. The summed E-state index contributed by atoms with van der Waals surface area (Å²) < 4.78 is 1.06. The van der Waals surface area contributed by atoms with E-state index in [0.717, 1.165) is 23.7 Å². The monoisotopic (exact) mass is 274 g/mol. The highest BCUT2D eigenvalue weighted by atomic mass is 79.9. The van der Waals surface area contributed by atoms with Crippen molar-refractivity contribution in [3.05, 3.63) is 20.8 Å². The van der Waals surface area contributed by atoms with E-state index < -0.39 is 5.97 Å². The van der Waals surface area contributed by atoms with Crippen LogP contribution in [0.2, 0.25) is 0 Å². The Morgan fingerprint density at radius 1 is 1.64 bits per heavy atom. The normalized spacial score (nSPS) is 18.9. The van der Waals surface area contributed by atoms with E-state index in [1.807, 2.05) is 5.38 Å². The lowest BCUT2D eigenvalue weighted by molar-refractivity contribution is -0.139. The summed E-state index contributed by atoms with van der Waals surface area (Å²) in [5, 5.41) is 10.9. The van der Waals surface area contributed by atoms with Gasteiger partial charge in [0.1, 0.15) is 0 Å². The van der Waals surface area contributed by atoms with Gasteiger partial charge in [-0.2, -0.15) is 0 Å². The molecule has 1 saturated carbocycles. The lowest BCUT2D eigenvalue weighted by Crippen LogP contribution is -2.35. The van der Waals surface area contributed by atoms with Crippen molar-refractivity contribution in [2.45, 2.75) is 31.1 Å². The van der Waals surface area contributed by atoms with Crippen LogP contribution in [0.25, 0.3) is 0 Å². The van der Waals surface area contributed by atoms with Gasteiger partial charge in [0, 0.05) is 20.1 Å². The first-order chi connectivity index (χ1) is 6.62. The highest BCUT2D eigenvalue weighted by Gasteiger charge is 2.41. The predicted molar refractivity (Wildman–Crippen MR) is 59.8 cm³/mol. The molecule has 0 saturated heterocycles. The van der Waals surface area contributed by atoms with Crippen LogP contribution >= 0.6 is 27.3 Å². The fourth-order valence-electron chi connectivity index (χ4n) is 1.99. The molecule has 0 amide bonds. The largest absolute Gasteiger partial charge is 0.481 e. The smallest absolute Gasteiger partial charge is 0.304 e. The average molecular weight is 275 g/mol. The summed E-state index contributed by atoms with van der Waals surface area (Å²) >= 11 is 5.07. The molecule has 0 bridgehead atoms. The van der Waals surface area contributed by atoms with Crippen molar-refractivity contribution in [3.8, 4) is 0 Å². The second-order valence-electron chi connectivity index (χ2n) is 3.83. The van der Waals surface area contributed by atoms with Gasteiger partial charge in [0.25, 0.3) is 0 Å². The number of thiophene rings is 1. The van der Waals surface area contributed by atoms with Crippen LogP contribution in [0.1, 0.15) is 30.6 Å². The third-order valence-corrected chi connectivity index (χ3v) is 4.83. The molecule has 4 heteroatoms. The van der Waals surface area contributed by atoms with Gasteiger partial charge >= 0.3 is 5.97 Å².